The lowest BCUT2D eigenvalue weighted by Crippen LogP contribution is -2.42. The molecule has 1 atom stereocenters. The Morgan fingerprint density at radius 3 is 2.83 bits per heavy atom. The Morgan fingerprint density at radius 2 is 2.12 bits per heavy atom. The topological polar surface area (TPSA) is 33.2 Å². The van der Waals surface area contributed by atoms with E-state index >= 15 is 0 Å². The van der Waals surface area contributed by atoms with E-state index in [4.69, 9.17) is 16.6 Å². The first-order valence-electron chi connectivity index (χ1n) is 8.71. The number of aromatic nitrogens is 1. The van der Waals surface area contributed by atoms with Gasteiger partial charge in [0.25, 0.3) is 5.91 Å². The quantitative estimate of drug-likeness (QED) is 0.738. The summed E-state index contributed by atoms with van der Waals surface area (Å²) >= 11 is 7.84. The highest BCUT2D eigenvalue weighted by atomic mass is 35.5. The molecule has 3 nitrogen and oxygen atoms in total. The van der Waals surface area contributed by atoms with Crippen molar-refractivity contribution in [3.63, 3.8) is 0 Å². The summed E-state index contributed by atoms with van der Waals surface area (Å²) in [6.45, 7) is 2.98. The molecule has 1 unspecified atom stereocenters. The Balaban J connectivity index is 1.74. The van der Waals surface area contributed by atoms with Crippen molar-refractivity contribution >= 4 is 28.8 Å². The van der Waals surface area contributed by atoms with Crippen LogP contribution in [0.5, 0.6) is 0 Å². The van der Waals surface area contributed by atoms with Crippen LogP contribution in [0.2, 0.25) is 5.02 Å². The highest BCUT2D eigenvalue weighted by Crippen LogP contribution is 2.45. The molecular weight excluding hydrogens is 340 g/mol. The van der Waals surface area contributed by atoms with Crippen LogP contribution < -0.4 is 0 Å². The summed E-state index contributed by atoms with van der Waals surface area (Å²) in [6.07, 6.45) is 5.75. The molecule has 0 N–H and O–H groups in total. The number of amides is 1. The van der Waals surface area contributed by atoms with Gasteiger partial charge in [0, 0.05) is 23.5 Å². The van der Waals surface area contributed by atoms with E-state index in [9.17, 15) is 4.79 Å². The van der Waals surface area contributed by atoms with Crippen molar-refractivity contribution in [2.45, 2.75) is 51.0 Å². The number of nitrogens with zero attached hydrogens (tertiary/aromatic N) is 2. The second-order valence-corrected chi connectivity index (χ2v) is 8.32. The first kappa shape index (κ1) is 16.1. The molecule has 0 radical (unpaired) electrons. The van der Waals surface area contributed by atoms with Crippen LogP contribution in [0.1, 0.15) is 60.4 Å². The van der Waals surface area contributed by atoms with E-state index in [1.54, 1.807) is 11.3 Å². The van der Waals surface area contributed by atoms with Crippen molar-refractivity contribution in [2.75, 3.05) is 6.54 Å². The molecule has 1 amide bonds. The van der Waals surface area contributed by atoms with Gasteiger partial charge in [-0.2, -0.15) is 0 Å². The second-order valence-electron chi connectivity index (χ2n) is 6.86. The summed E-state index contributed by atoms with van der Waals surface area (Å²) < 4.78 is 0. The predicted molar refractivity (Wildman–Crippen MR) is 98.9 cm³/mol. The predicted octanol–water partition coefficient (Wildman–Crippen LogP) is 5.36. The van der Waals surface area contributed by atoms with Gasteiger partial charge in [0.1, 0.15) is 5.69 Å². The lowest BCUT2D eigenvalue weighted by molar-refractivity contribution is 0.0631. The van der Waals surface area contributed by atoms with Gasteiger partial charge in [-0.05, 0) is 56.7 Å². The van der Waals surface area contributed by atoms with Crippen LogP contribution in [0.3, 0.4) is 0 Å². The number of carbonyl (C=O) groups is 1. The van der Waals surface area contributed by atoms with Gasteiger partial charge in [0.05, 0.1) is 9.88 Å². The monoisotopic (exact) mass is 360 g/mol. The molecule has 1 aromatic heterocycles. The zero-order chi connectivity index (χ0) is 16.7. The van der Waals surface area contributed by atoms with Crippen molar-refractivity contribution in [1.29, 1.82) is 0 Å². The first-order chi connectivity index (χ1) is 11.6. The molecule has 24 heavy (non-hydrogen) atoms. The zero-order valence-corrected chi connectivity index (χ0v) is 15.4. The Hall–Kier alpha value is -1.39. The summed E-state index contributed by atoms with van der Waals surface area (Å²) in [5.74, 6) is 0.633. The van der Waals surface area contributed by atoms with E-state index < -0.39 is 0 Å². The number of hydrogen-bond donors (Lipinski definition) is 0. The maximum atomic E-state index is 13.2. The lowest BCUT2D eigenvalue weighted by Gasteiger charge is -2.33. The summed E-state index contributed by atoms with van der Waals surface area (Å²) in [7, 11) is 0. The van der Waals surface area contributed by atoms with Gasteiger partial charge >= 0.3 is 0 Å². The largest absolute Gasteiger partial charge is 0.335 e. The van der Waals surface area contributed by atoms with E-state index in [0.717, 1.165) is 34.8 Å². The van der Waals surface area contributed by atoms with Gasteiger partial charge in [0.2, 0.25) is 0 Å². The van der Waals surface area contributed by atoms with Gasteiger partial charge in [0.15, 0.2) is 0 Å². The van der Waals surface area contributed by atoms with Crippen molar-refractivity contribution in [2.24, 2.45) is 0 Å². The second kappa shape index (κ2) is 6.49. The van der Waals surface area contributed by atoms with Crippen LogP contribution in [-0.4, -0.2) is 28.4 Å². The number of likely N-dealkylation sites (tertiary alicyclic amines) is 1. The minimum absolute atomic E-state index is 0.0836. The van der Waals surface area contributed by atoms with Crippen LogP contribution in [0, 0.1) is 0 Å². The fraction of sp³-hybridized carbons (Fsp3) is 0.474. The molecule has 2 fully saturated rings. The number of thiazole rings is 1. The number of rotatable bonds is 3. The van der Waals surface area contributed by atoms with Crippen molar-refractivity contribution in [3.8, 4) is 10.4 Å². The fourth-order valence-electron chi connectivity index (χ4n) is 3.35. The average Bonchev–Trinajstić information content (AvgIpc) is 3.33. The van der Waals surface area contributed by atoms with Crippen LogP contribution in [0.15, 0.2) is 24.3 Å². The Labute approximate surface area is 151 Å². The maximum absolute atomic E-state index is 13.2. The molecule has 1 aliphatic heterocycles. The standard InChI is InChI=1S/C19H21ClN2OS/c1-12-5-2-3-10-22(12)19(23)16-17(14-6-4-7-15(20)11-14)24-18(21-16)13-8-9-13/h4,6-7,11-13H,2-3,5,8-10H2,1H3. The molecule has 1 aromatic carbocycles. The summed E-state index contributed by atoms with van der Waals surface area (Å²) in [5, 5.41) is 1.80. The zero-order valence-electron chi connectivity index (χ0n) is 13.8. The number of piperidine rings is 1. The van der Waals surface area contributed by atoms with Crippen LogP contribution in [0.4, 0.5) is 0 Å². The van der Waals surface area contributed by atoms with E-state index in [1.807, 2.05) is 29.2 Å². The Kier molecular flexibility index (Phi) is 4.35. The van der Waals surface area contributed by atoms with E-state index in [2.05, 4.69) is 6.92 Å². The van der Waals surface area contributed by atoms with Gasteiger partial charge in [-0.3, -0.25) is 4.79 Å². The summed E-state index contributed by atoms with van der Waals surface area (Å²) in [6, 6.07) is 8.05. The van der Waals surface area contributed by atoms with Crippen molar-refractivity contribution in [1.82, 2.24) is 9.88 Å². The van der Waals surface area contributed by atoms with E-state index in [-0.39, 0.29) is 5.91 Å². The van der Waals surface area contributed by atoms with E-state index in [0.29, 0.717) is 22.7 Å². The number of halogens is 1. The normalized spacial score (nSPS) is 21.1. The highest BCUT2D eigenvalue weighted by molar-refractivity contribution is 7.15. The SMILES string of the molecule is CC1CCCCN1C(=O)c1nc(C2CC2)sc1-c1cccc(Cl)c1. The molecule has 2 heterocycles. The number of hydrogen-bond acceptors (Lipinski definition) is 3. The molecule has 2 aromatic rings. The van der Waals surface area contributed by atoms with Crippen LogP contribution in [-0.2, 0) is 0 Å². The minimum atomic E-state index is 0.0836. The molecule has 126 valence electrons. The van der Waals surface area contributed by atoms with Gasteiger partial charge < -0.3 is 4.90 Å². The van der Waals surface area contributed by atoms with Gasteiger partial charge in [-0.1, -0.05) is 23.7 Å². The van der Waals surface area contributed by atoms with Crippen molar-refractivity contribution in [3.05, 3.63) is 40.0 Å². The number of carbonyl (C=O) groups excluding carboxylic acids is 1. The summed E-state index contributed by atoms with van der Waals surface area (Å²) in [5.41, 5.74) is 1.62. The maximum Gasteiger partial charge on any atom is 0.274 e. The lowest BCUT2D eigenvalue weighted by atomic mass is 10.0. The third-order valence-corrected chi connectivity index (χ3v) is 6.43. The molecule has 1 aliphatic carbocycles. The Bertz CT molecular complexity index is 768. The first-order valence-corrected chi connectivity index (χ1v) is 9.90. The third-order valence-electron chi connectivity index (χ3n) is 4.92. The van der Waals surface area contributed by atoms with Gasteiger partial charge in [-0.25, -0.2) is 4.98 Å². The van der Waals surface area contributed by atoms with Crippen molar-refractivity contribution < 1.29 is 4.79 Å². The Morgan fingerprint density at radius 1 is 1.29 bits per heavy atom. The molecule has 2 aliphatic rings. The smallest absolute Gasteiger partial charge is 0.274 e. The molecule has 1 saturated heterocycles. The molecule has 4 rings (SSSR count). The average molecular weight is 361 g/mol. The molecular formula is C19H21ClN2OS. The van der Waals surface area contributed by atoms with Crippen LogP contribution in [0.25, 0.3) is 10.4 Å². The fourth-order valence-corrected chi connectivity index (χ4v) is 4.76. The molecule has 0 spiro atoms. The third kappa shape index (κ3) is 3.09. The van der Waals surface area contributed by atoms with Gasteiger partial charge in [-0.15, -0.1) is 11.3 Å². The van der Waals surface area contributed by atoms with Crippen LogP contribution >= 0.6 is 22.9 Å². The number of benzene rings is 1. The molecule has 0 bridgehead atoms. The minimum Gasteiger partial charge on any atom is -0.335 e. The summed E-state index contributed by atoms with van der Waals surface area (Å²) in [4.78, 5) is 20.9. The molecule has 5 heteroatoms. The van der Waals surface area contributed by atoms with E-state index in [1.165, 1.54) is 19.3 Å². The highest BCUT2D eigenvalue weighted by Gasteiger charge is 2.33. The molecule has 1 saturated carbocycles.